The molecule has 0 aliphatic heterocycles. The highest BCUT2D eigenvalue weighted by molar-refractivity contribution is 7.90. The molecule has 1 N–H and O–H groups in total. The number of sulfonamides is 1. The van der Waals surface area contributed by atoms with Crippen LogP contribution in [-0.2, 0) is 26.4 Å². The molecule has 0 unspecified atom stereocenters. The van der Waals surface area contributed by atoms with Gasteiger partial charge in [-0.1, -0.05) is 5.10 Å². The summed E-state index contributed by atoms with van der Waals surface area (Å²) in [5.74, 6) is -2.42. The smallest absolute Gasteiger partial charge is 0.335 e. The van der Waals surface area contributed by atoms with Crippen molar-refractivity contribution in [3.05, 3.63) is 35.7 Å². The lowest BCUT2D eigenvalue weighted by Gasteiger charge is -2.05. The van der Waals surface area contributed by atoms with Crippen molar-refractivity contribution in [1.82, 2.24) is 14.9 Å². The number of halogens is 2. The van der Waals surface area contributed by atoms with E-state index in [1.807, 2.05) is 4.72 Å². The molecule has 0 amide bonds. The van der Waals surface area contributed by atoms with Crippen LogP contribution >= 0.6 is 0 Å². The maximum absolute atomic E-state index is 13.4. The highest BCUT2D eigenvalue weighted by Gasteiger charge is 2.22. The van der Waals surface area contributed by atoms with E-state index in [0.717, 1.165) is 12.3 Å². The zero-order valence-electron chi connectivity index (χ0n) is 10.9. The van der Waals surface area contributed by atoms with Crippen LogP contribution in [0.25, 0.3) is 0 Å². The molecule has 0 fully saturated rings. The molecule has 12 heteroatoms. The van der Waals surface area contributed by atoms with E-state index in [2.05, 4.69) is 10.2 Å². The fourth-order valence-corrected chi connectivity index (χ4v) is 2.88. The lowest BCUT2D eigenvalue weighted by Crippen LogP contribution is -2.24. The van der Waals surface area contributed by atoms with Gasteiger partial charge in [0, 0.05) is 6.26 Å². The zero-order chi connectivity index (χ0) is 16.5. The van der Waals surface area contributed by atoms with E-state index in [0.29, 0.717) is 12.1 Å². The number of nitrogens with zero attached hydrogens (tertiary/aromatic N) is 2. The highest BCUT2D eigenvalue weighted by Crippen LogP contribution is 2.16. The number of nitrogens with one attached hydrogen (secondary N) is 1. The molecule has 1 aromatic heterocycles. The van der Waals surface area contributed by atoms with Gasteiger partial charge in [-0.05, 0) is 18.2 Å². The number of sulfone groups is 1. The predicted molar refractivity (Wildman–Crippen MR) is 67.8 cm³/mol. The summed E-state index contributed by atoms with van der Waals surface area (Å²) in [4.78, 5) is -0.893. The largest absolute Gasteiger partial charge is 0.411 e. The summed E-state index contributed by atoms with van der Waals surface area (Å²) in [6.45, 7) is -0.583. The molecule has 0 spiro atoms. The highest BCUT2D eigenvalue weighted by atomic mass is 32.2. The Labute approximate surface area is 124 Å². The zero-order valence-corrected chi connectivity index (χ0v) is 12.6. The lowest BCUT2D eigenvalue weighted by atomic mass is 10.3. The fourth-order valence-electron chi connectivity index (χ4n) is 1.38. The molecule has 2 aromatic rings. The Morgan fingerprint density at radius 2 is 1.86 bits per heavy atom. The minimum absolute atomic E-state index is 0.346. The minimum Gasteiger partial charge on any atom is -0.411 e. The van der Waals surface area contributed by atoms with Gasteiger partial charge in [-0.2, -0.15) is 0 Å². The molecule has 1 aromatic carbocycles. The van der Waals surface area contributed by atoms with Crippen LogP contribution in [0, 0.1) is 11.6 Å². The van der Waals surface area contributed by atoms with E-state index in [1.54, 1.807) is 0 Å². The lowest BCUT2D eigenvalue weighted by molar-refractivity contribution is 0.394. The average molecular weight is 353 g/mol. The van der Waals surface area contributed by atoms with Crippen LogP contribution in [0.5, 0.6) is 0 Å². The van der Waals surface area contributed by atoms with Gasteiger partial charge in [-0.25, -0.2) is 30.3 Å². The third-order valence-corrected chi connectivity index (χ3v) is 4.58. The summed E-state index contributed by atoms with van der Waals surface area (Å²) in [7, 11) is -8.11. The van der Waals surface area contributed by atoms with Crippen molar-refractivity contribution in [3.63, 3.8) is 0 Å². The van der Waals surface area contributed by atoms with E-state index >= 15 is 0 Å². The Balaban J connectivity index is 2.20. The first-order valence-electron chi connectivity index (χ1n) is 5.57. The molecule has 0 atom stereocenters. The van der Waals surface area contributed by atoms with E-state index in [4.69, 9.17) is 4.42 Å². The molecule has 120 valence electrons. The van der Waals surface area contributed by atoms with Crippen LogP contribution in [0.3, 0.4) is 0 Å². The monoisotopic (exact) mass is 353 g/mol. The van der Waals surface area contributed by atoms with Crippen LogP contribution < -0.4 is 4.72 Å². The Morgan fingerprint density at radius 1 is 1.18 bits per heavy atom. The Hall–Kier alpha value is -1.92. The second-order valence-electron chi connectivity index (χ2n) is 4.13. The molecular formula is C10H9F2N3O5S2. The van der Waals surface area contributed by atoms with Crippen molar-refractivity contribution < 1.29 is 30.0 Å². The van der Waals surface area contributed by atoms with Crippen molar-refractivity contribution >= 4 is 19.9 Å². The van der Waals surface area contributed by atoms with Crippen LogP contribution in [0.15, 0.2) is 32.7 Å². The normalized spacial score (nSPS) is 12.5. The van der Waals surface area contributed by atoms with Crippen molar-refractivity contribution in [3.8, 4) is 0 Å². The summed E-state index contributed by atoms with van der Waals surface area (Å²) in [6, 6.07) is 1.94. The van der Waals surface area contributed by atoms with Gasteiger partial charge in [0.05, 0.1) is 6.54 Å². The number of rotatable bonds is 5. The molecule has 0 saturated carbocycles. The van der Waals surface area contributed by atoms with Gasteiger partial charge in [-0.15, -0.1) is 5.10 Å². The van der Waals surface area contributed by atoms with Crippen molar-refractivity contribution in [2.75, 3.05) is 6.26 Å². The SMILES string of the molecule is CS(=O)(=O)c1nnc(CNS(=O)(=O)c2cc(F)ccc2F)o1. The van der Waals surface area contributed by atoms with Gasteiger partial charge in [0.2, 0.25) is 25.8 Å². The van der Waals surface area contributed by atoms with E-state index < -0.39 is 48.2 Å². The van der Waals surface area contributed by atoms with Gasteiger partial charge in [0.25, 0.3) is 0 Å². The first kappa shape index (κ1) is 16.5. The summed E-state index contributed by atoms with van der Waals surface area (Å²) in [5, 5.41) is 5.87. The third-order valence-electron chi connectivity index (χ3n) is 2.36. The van der Waals surface area contributed by atoms with Gasteiger partial charge >= 0.3 is 5.22 Å². The molecule has 0 bridgehead atoms. The van der Waals surface area contributed by atoms with E-state index in [-0.39, 0.29) is 5.89 Å². The molecule has 8 nitrogen and oxygen atoms in total. The molecule has 1 heterocycles. The first-order chi connectivity index (χ1) is 10.1. The molecule has 0 aliphatic carbocycles. The Bertz CT molecular complexity index is 908. The van der Waals surface area contributed by atoms with Crippen LogP contribution in [0.2, 0.25) is 0 Å². The van der Waals surface area contributed by atoms with Crippen LogP contribution in [0.1, 0.15) is 5.89 Å². The van der Waals surface area contributed by atoms with E-state index in [9.17, 15) is 25.6 Å². The van der Waals surface area contributed by atoms with Crippen LogP contribution in [-0.4, -0.2) is 33.3 Å². The minimum atomic E-state index is -4.38. The summed E-state index contributed by atoms with van der Waals surface area (Å²) in [6.07, 6.45) is 0.830. The molecule has 2 rings (SSSR count). The summed E-state index contributed by atoms with van der Waals surface area (Å²) < 4.78 is 79.0. The van der Waals surface area contributed by atoms with Gasteiger partial charge in [0.1, 0.15) is 16.5 Å². The number of hydrogen-bond acceptors (Lipinski definition) is 7. The quantitative estimate of drug-likeness (QED) is 0.817. The van der Waals surface area contributed by atoms with Crippen molar-refractivity contribution in [2.45, 2.75) is 16.7 Å². The maximum atomic E-state index is 13.4. The van der Waals surface area contributed by atoms with Crippen molar-refractivity contribution in [2.24, 2.45) is 0 Å². The third kappa shape index (κ3) is 3.64. The summed E-state index contributed by atoms with van der Waals surface area (Å²) in [5.41, 5.74) is 0. The Kier molecular flexibility index (Phi) is 4.26. The molecule has 22 heavy (non-hydrogen) atoms. The van der Waals surface area contributed by atoms with E-state index in [1.165, 1.54) is 0 Å². The van der Waals surface area contributed by atoms with Gasteiger partial charge < -0.3 is 4.42 Å². The number of aromatic nitrogens is 2. The number of benzene rings is 1. The van der Waals surface area contributed by atoms with Gasteiger partial charge in [-0.3, -0.25) is 0 Å². The Morgan fingerprint density at radius 3 is 2.45 bits per heavy atom. The maximum Gasteiger partial charge on any atom is 0.335 e. The summed E-state index contributed by atoms with van der Waals surface area (Å²) >= 11 is 0. The standard InChI is InChI=1S/C10H9F2N3O5S2/c1-21(16,17)10-15-14-9(20-10)5-13-22(18,19)8-4-6(11)2-3-7(8)12/h2-4,13H,5H2,1H3. The first-order valence-corrected chi connectivity index (χ1v) is 8.94. The molecular weight excluding hydrogens is 344 g/mol. The molecule has 0 saturated heterocycles. The number of hydrogen-bond donors (Lipinski definition) is 1. The topological polar surface area (TPSA) is 119 Å². The fraction of sp³-hybridized carbons (Fsp3) is 0.200. The average Bonchev–Trinajstić information content (AvgIpc) is 2.88. The second kappa shape index (κ2) is 5.70. The molecule has 0 radical (unpaired) electrons. The molecule has 0 aliphatic rings. The predicted octanol–water partition coefficient (Wildman–Crippen LogP) is 0.230. The second-order valence-corrected chi connectivity index (χ2v) is 7.76. The van der Waals surface area contributed by atoms with Gasteiger partial charge in [0.15, 0.2) is 0 Å². The van der Waals surface area contributed by atoms with Crippen molar-refractivity contribution in [1.29, 1.82) is 0 Å². The van der Waals surface area contributed by atoms with Crippen LogP contribution in [0.4, 0.5) is 8.78 Å².